The first kappa shape index (κ1) is 13.4. The van der Waals surface area contributed by atoms with Crippen LogP contribution in [0.5, 0.6) is 0 Å². The first-order valence-electron chi connectivity index (χ1n) is 6.78. The lowest BCUT2D eigenvalue weighted by Crippen LogP contribution is -2.48. The Labute approximate surface area is 121 Å². The van der Waals surface area contributed by atoms with Gasteiger partial charge in [-0.05, 0) is 43.2 Å². The summed E-state index contributed by atoms with van der Waals surface area (Å²) in [4.78, 5) is 27.8. The highest BCUT2D eigenvalue weighted by Gasteiger charge is 2.50. The summed E-state index contributed by atoms with van der Waals surface area (Å²) in [7, 11) is 0. The molecule has 4 atom stereocenters. The van der Waals surface area contributed by atoms with Crippen molar-refractivity contribution >= 4 is 23.4 Å². The van der Waals surface area contributed by atoms with E-state index in [2.05, 4.69) is 10.3 Å². The maximum absolute atomic E-state index is 12.2. The van der Waals surface area contributed by atoms with Crippen LogP contribution in [0.2, 0.25) is 5.02 Å². The standard InChI is InChI=1S/C14H16ClN3O2/c15-9-3-4-10(17-6-9)14(20)18-12-8-2-1-7(5-8)11(12)13(16)19/h3-4,6-8,11-12H,1-2,5H2,(H2,16,19)(H,18,20)/t7-,8-,11+,12-/m0/s1. The zero-order valence-corrected chi connectivity index (χ0v) is 11.6. The van der Waals surface area contributed by atoms with Gasteiger partial charge in [-0.25, -0.2) is 4.98 Å². The van der Waals surface area contributed by atoms with E-state index in [9.17, 15) is 9.59 Å². The molecular weight excluding hydrogens is 278 g/mol. The van der Waals surface area contributed by atoms with Crippen LogP contribution < -0.4 is 11.1 Å². The summed E-state index contributed by atoms with van der Waals surface area (Å²) in [5.74, 6) is -0.156. The van der Waals surface area contributed by atoms with Crippen LogP contribution >= 0.6 is 11.6 Å². The van der Waals surface area contributed by atoms with Crippen LogP contribution in [0.4, 0.5) is 0 Å². The lowest BCUT2D eigenvalue weighted by Gasteiger charge is -2.29. The van der Waals surface area contributed by atoms with Crippen molar-refractivity contribution in [3.63, 3.8) is 0 Å². The second kappa shape index (κ2) is 5.05. The zero-order chi connectivity index (χ0) is 14.3. The maximum Gasteiger partial charge on any atom is 0.270 e. The van der Waals surface area contributed by atoms with Crippen LogP contribution in [-0.4, -0.2) is 22.8 Å². The number of carbonyl (C=O) groups excluding carboxylic acids is 2. The summed E-state index contributed by atoms with van der Waals surface area (Å²) in [5.41, 5.74) is 5.79. The molecule has 2 aliphatic carbocycles. The maximum atomic E-state index is 12.2. The molecule has 1 aromatic rings. The largest absolute Gasteiger partial charge is 0.369 e. The minimum absolute atomic E-state index is 0.156. The van der Waals surface area contributed by atoms with Crippen molar-refractivity contribution in [1.82, 2.24) is 10.3 Å². The van der Waals surface area contributed by atoms with E-state index in [1.165, 1.54) is 6.20 Å². The summed E-state index contributed by atoms with van der Waals surface area (Å²) in [6.07, 6.45) is 4.49. The van der Waals surface area contributed by atoms with E-state index in [1.54, 1.807) is 12.1 Å². The number of hydrogen-bond donors (Lipinski definition) is 2. The Morgan fingerprint density at radius 1 is 1.30 bits per heavy atom. The third-order valence-corrected chi connectivity index (χ3v) is 4.73. The van der Waals surface area contributed by atoms with E-state index in [1.807, 2.05) is 0 Å². The number of nitrogens with two attached hydrogens (primary N) is 1. The van der Waals surface area contributed by atoms with E-state index >= 15 is 0 Å². The van der Waals surface area contributed by atoms with Crippen molar-refractivity contribution in [1.29, 1.82) is 0 Å². The van der Waals surface area contributed by atoms with E-state index < -0.39 is 0 Å². The minimum Gasteiger partial charge on any atom is -0.369 e. The average molecular weight is 294 g/mol. The highest BCUT2D eigenvalue weighted by atomic mass is 35.5. The molecule has 0 spiro atoms. The van der Waals surface area contributed by atoms with Gasteiger partial charge in [0.2, 0.25) is 5.91 Å². The van der Waals surface area contributed by atoms with E-state index in [-0.39, 0.29) is 23.8 Å². The molecule has 106 valence electrons. The molecule has 3 N–H and O–H groups in total. The fourth-order valence-electron chi connectivity index (χ4n) is 3.64. The van der Waals surface area contributed by atoms with Crippen molar-refractivity contribution in [2.24, 2.45) is 23.5 Å². The highest BCUT2D eigenvalue weighted by molar-refractivity contribution is 6.30. The number of hydrogen-bond acceptors (Lipinski definition) is 3. The number of halogens is 1. The molecule has 2 fully saturated rings. The smallest absolute Gasteiger partial charge is 0.270 e. The van der Waals surface area contributed by atoms with Crippen LogP contribution in [0, 0.1) is 17.8 Å². The number of nitrogens with one attached hydrogen (secondary N) is 1. The van der Waals surface area contributed by atoms with Crippen molar-refractivity contribution in [3.05, 3.63) is 29.0 Å². The number of aromatic nitrogens is 1. The van der Waals surface area contributed by atoms with Crippen molar-refractivity contribution < 1.29 is 9.59 Å². The van der Waals surface area contributed by atoms with Crippen molar-refractivity contribution in [3.8, 4) is 0 Å². The number of carbonyl (C=O) groups is 2. The van der Waals surface area contributed by atoms with Gasteiger partial charge in [-0.1, -0.05) is 11.6 Å². The quantitative estimate of drug-likeness (QED) is 0.882. The van der Waals surface area contributed by atoms with E-state index in [0.29, 0.717) is 22.6 Å². The molecule has 2 bridgehead atoms. The second-order valence-electron chi connectivity index (χ2n) is 5.62. The molecule has 0 radical (unpaired) electrons. The van der Waals surface area contributed by atoms with Gasteiger partial charge in [-0.3, -0.25) is 9.59 Å². The molecule has 3 rings (SSSR count). The van der Waals surface area contributed by atoms with Crippen LogP contribution in [0.15, 0.2) is 18.3 Å². The molecule has 6 heteroatoms. The fourth-order valence-corrected chi connectivity index (χ4v) is 3.76. The van der Waals surface area contributed by atoms with Crippen LogP contribution in [0.1, 0.15) is 29.8 Å². The summed E-state index contributed by atoms with van der Waals surface area (Å²) < 4.78 is 0. The number of amides is 2. The molecule has 2 saturated carbocycles. The lowest BCUT2D eigenvalue weighted by atomic mass is 9.84. The Balaban J connectivity index is 1.75. The van der Waals surface area contributed by atoms with Gasteiger partial charge in [-0.2, -0.15) is 0 Å². The SMILES string of the molecule is NC(=O)[C@@H]1[C@H]2CC[C@@H](C2)[C@@H]1NC(=O)c1ccc(Cl)cn1. The third kappa shape index (κ3) is 2.26. The molecule has 1 aromatic heterocycles. The first-order valence-corrected chi connectivity index (χ1v) is 7.16. The molecule has 2 aliphatic rings. The number of rotatable bonds is 3. The predicted molar refractivity (Wildman–Crippen MR) is 74.0 cm³/mol. The van der Waals surface area contributed by atoms with Gasteiger partial charge < -0.3 is 11.1 Å². The van der Waals surface area contributed by atoms with Crippen LogP contribution in [0.3, 0.4) is 0 Å². The Kier molecular flexibility index (Phi) is 3.38. The number of nitrogens with zero attached hydrogens (tertiary/aromatic N) is 1. The normalized spacial score (nSPS) is 31.2. The van der Waals surface area contributed by atoms with Gasteiger partial charge in [-0.15, -0.1) is 0 Å². The Bertz CT molecular complexity index is 546. The van der Waals surface area contributed by atoms with E-state index in [4.69, 9.17) is 17.3 Å². The van der Waals surface area contributed by atoms with Crippen LogP contribution in [0.25, 0.3) is 0 Å². The van der Waals surface area contributed by atoms with Gasteiger partial charge in [0, 0.05) is 12.2 Å². The fraction of sp³-hybridized carbons (Fsp3) is 0.500. The van der Waals surface area contributed by atoms with E-state index in [0.717, 1.165) is 19.3 Å². The Morgan fingerprint density at radius 3 is 2.70 bits per heavy atom. The molecule has 2 amide bonds. The van der Waals surface area contributed by atoms with Crippen molar-refractivity contribution in [2.45, 2.75) is 25.3 Å². The monoisotopic (exact) mass is 293 g/mol. The number of primary amides is 1. The van der Waals surface area contributed by atoms with Gasteiger partial charge >= 0.3 is 0 Å². The summed E-state index contributed by atoms with van der Waals surface area (Å²) in [6, 6.07) is 3.04. The predicted octanol–water partition coefficient (Wildman–Crippen LogP) is 1.36. The Morgan fingerprint density at radius 2 is 2.05 bits per heavy atom. The molecule has 0 aliphatic heterocycles. The molecule has 5 nitrogen and oxygen atoms in total. The van der Waals surface area contributed by atoms with Gasteiger partial charge in [0.25, 0.3) is 5.91 Å². The van der Waals surface area contributed by atoms with Gasteiger partial charge in [0.15, 0.2) is 0 Å². The first-order chi connectivity index (χ1) is 9.56. The van der Waals surface area contributed by atoms with Gasteiger partial charge in [0.05, 0.1) is 10.9 Å². The van der Waals surface area contributed by atoms with Crippen LogP contribution in [-0.2, 0) is 4.79 Å². The lowest BCUT2D eigenvalue weighted by molar-refractivity contribution is -0.124. The third-order valence-electron chi connectivity index (χ3n) is 4.50. The average Bonchev–Trinajstić information content (AvgIpc) is 3.00. The summed E-state index contributed by atoms with van der Waals surface area (Å²) in [6.45, 7) is 0. The summed E-state index contributed by atoms with van der Waals surface area (Å²) >= 11 is 5.75. The molecule has 0 unspecified atom stereocenters. The highest BCUT2D eigenvalue weighted by Crippen LogP contribution is 2.48. The van der Waals surface area contributed by atoms with Gasteiger partial charge in [0.1, 0.15) is 5.69 Å². The minimum atomic E-state index is -0.313. The topological polar surface area (TPSA) is 85.1 Å². The van der Waals surface area contributed by atoms with Crippen molar-refractivity contribution in [2.75, 3.05) is 0 Å². The second-order valence-corrected chi connectivity index (χ2v) is 6.06. The molecule has 0 saturated heterocycles. The Hall–Kier alpha value is -1.62. The summed E-state index contributed by atoms with van der Waals surface area (Å²) in [5, 5.41) is 3.41. The molecular formula is C14H16ClN3O2. The molecule has 1 heterocycles. The zero-order valence-electron chi connectivity index (χ0n) is 10.9. The molecule has 20 heavy (non-hydrogen) atoms. The number of fused-ring (bicyclic) bond motifs is 2. The number of pyridine rings is 1. The molecule has 0 aromatic carbocycles.